The number of aromatic amines is 1. The number of anilines is 1. The highest BCUT2D eigenvalue weighted by molar-refractivity contribution is 5.77. The molecule has 0 amide bonds. The van der Waals surface area contributed by atoms with Crippen LogP contribution in [0, 0.1) is 5.92 Å². The van der Waals surface area contributed by atoms with E-state index in [1.165, 1.54) is 6.42 Å². The van der Waals surface area contributed by atoms with Crippen LogP contribution in [-0.4, -0.2) is 44.5 Å². The molecule has 0 unspecified atom stereocenters. The quantitative estimate of drug-likeness (QED) is 0.740. The van der Waals surface area contributed by atoms with E-state index in [1.807, 2.05) is 12.1 Å². The molecule has 1 N–H and O–H groups in total. The molecule has 7 nitrogen and oxygen atoms in total. The van der Waals surface area contributed by atoms with E-state index >= 15 is 0 Å². The van der Waals surface area contributed by atoms with Crippen molar-refractivity contribution in [2.24, 2.45) is 5.92 Å². The zero-order valence-electron chi connectivity index (χ0n) is 16.8. The molecule has 29 heavy (non-hydrogen) atoms. The molecular formula is C22H26N6O. The summed E-state index contributed by atoms with van der Waals surface area (Å²) < 4.78 is 0. The highest BCUT2D eigenvalue weighted by atomic mass is 16.1. The van der Waals surface area contributed by atoms with E-state index in [9.17, 15) is 4.79 Å². The summed E-state index contributed by atoms with van der Waals surface area (Å²) in [5, 5.41) is 0. The molecule has 0 bridgehead atoms. The van der Waals surface area contributed by atoms with E-state index in [0.29, 0.717) is 12.5 Å². The van der Waals surface area contributed by atoms with E-state index in [4.69, 9.17) is 4.98 Å². The van der Waals surface area contributed by atoms with Crippen molar-refractivity contribution in [3.63, 3.8) is 0 Å². The Morgan fingerprint density at radius 1 is 1.21 bits per heavy atom. The highest BCUT2D eigenvalue weighted by Gasteiger charge is 2.24. The minimum Gasteiger partial charge on any atom is -0.342 e. The Balaban J connectivity index is 1.40. The molecule has 5 rings (SSSR count). The van der Waals surface area contributed by atoms with Crippen molar-refractivity contribution < 1.29 is 0 Å². The molecule has 1 saturated heterocycles. The van der Waals surface area contributed by atoms with Gasteiger partial charge in [0.15, 0.2) is 0 Å². The second-order valence-electron chi connectivity index (χ2n) is 8.31. The first-order valence-corrected chi connectivity index (χ1v) is 10.5. The summed E-state index contributed by atoms with van der Waals surface area (Å²) in [5.74, 6) is 1.37. The van der Waals surface area contributed by atoms with Gasteiger partial charge < -0.3 is 4.90 Å². The van der Waals surface area contributed by atoms with E-state index in [2.05, 4.69) is 37.7 Å². The molecule has 0 aliphatic carbocycles. The zero-order valence-corrected chi connectivity index (χ0v) is 16.8. The van der Waals surface area contributed by atoms with Crippen LogP contribution in [0.3, 0.4) is 0 Å². The van der Waals surface area contributed by atoms with Gasteiger partial charge in [-0.1, -0.05) is 19.1 Å². The van der Waals surface area contributed by atoms with Crippen LogP contribution in [0.4, 0.5) is 5.95 Å². The number of nitrogens with one attached hydrogen (secondary N) is 1. The Bertz CT molecular complexity index is 1090. The first kappa shape index (κ1) is 18.2. The maximum atomic E-state index is 12.7. The van der Waals surface area contributed by atoms with Gasteiger partial charge in [-0.3, -0.25) is 24.6 Å². The summed E-state index contributed by atoms with van der Waals surface area (Å²) in [6.45, 7) is 6.49. The Labute approximate surface area is 169 Å². The van der Waals surface area contributed by atoms with E-state index in [1.54, 1.807) is 12.4 Å². The standard InChI is InChI=1S/C22H26N6O/c1-15-4-3-10-28(12-15)22-25-19-14-27(11-7-17(19)21(29)26-22)13-16-5-2-6-18-20(16)24-9-8-23-18/h2,5-6,8-9,15H,3-4,7,10-14H2,1H3,(H,25,26,29)/t15-/m0/s1. The van der Waals surface area contributed by atoms with Crippen molar-refractivity contribution in [3.05, 3.63) is 57.8 Å². The molecule has 7 heteroatoms. The maximum absolute atomic E-state index is 12.7. The Morgan fingerprint density at radius 2 is 2.10 bits per heavy atom. The van der Waals surface area contributed by atoms with Crippen molar-refractivity contribution in [1.29, 1.82) is 0 Å². The van der Waals surface area contributed by atoms with E-state index in [0.717, 1.165) is 72.8 Å². The topological polar surface area (TPSA) is 78.0 Å². The fourth-order valence-corrected chi connectivity index (χ4v) is 4.57. The van der Waals surface area contributed by atoms with Crippen LogP contribution in [-0.2, 0) is 19.5 Å². The van der Waals surface area contributed by atoms with Gasteiger partial charge in [0.1, 0.15) is 0 Å². The number of fused-ring (bicyclic) bond motifs is 2. The summed E-state index contributed by atoms with van der Waals surface area (Å²) in [7, 11) is 0. The molecule has 0 radical (unpaired) electrons. The monoisotopic (exact) mass is 390 g/mol. The van der Waals surface area contributed by atoms with Crippen molar-refractivity contribution in [2.75, 3.05) is 24.5 Å². The molecule has 1 atom stereocenters. The smallest absolute Gasteiger partial charge is 0.255 e. The van der Waals surface area contributed by atoms with Crippen molar-refractivity contribution >= 4 is 17.0 Å². The van der Waals surface area contributed by atoms with Crippen LogP contribution in [0.2, 0.25) is 0 Å². The van der Waals surface area contributed by atoms with Crippen molar-refractivity contribution in [1.82, 2.24) is 24.8 Å². The summed E-state index contributed by atoms with van der Waals surface area (Å²) in [4.78, 5) is 34.1. The number of hydrogen-bond acceptors (Lipinski definition) is 6. The number of rotatable bonds is 3. The third-order valence-corrected chi connectivity index (χ3v) is 6.07. The first-order valence-electron chi connectivity index (χ1n) is 10.5. The lowest BCUT2D eigenvalue weighted by Crippen LogP contribution is -2.39. The SMILES string of the molecule is C[C@H]1CCCN(c2nc3c(c(=O)[nH]2)CCN(Cc2cccc4nccnc24)C3)C1. The maximum Gasteiger partial charge on any atom is 0.255 e. The number of nitrogens with zero attached hydrogens (tertiary/aromatic N) is 5. The van der Waals surface area contributed by atoms with Gasteiger partial charge in [-0.2, -0.15) is 0 Å². The van der Waals surface area contributed by atoms with Gasteiger partial charge in [0.2, 0.25) is 5.95 Å². The largest absolute Gasteiger partial charge is 0.342 e. The van der Waals surface area contributed by atoms with Gasteiger partial charge in [-0.15, -0.1) is 0 Å². The number of para-hydroxylation sites is 1. The first-order chi connectivity index (χ1) is 14.2. The molecule has 4 heterocycles. The second kappa shape index (κ2) is 7.55. The molecule has 2 aliphatic heterocycles. The highest BCUT2D eigenvalue weighted by Crippen LogP contribution is 2.23. The van der Waals surface area contributed by atoms with Crippen LogP contribution in [0.25, 0.3) is 11.0 Å². The van der Waals surface area contributed by atoms with Gasteiger partial charge in [-0.05, 0) is 36.8 Å². The van der Waals surface area contributed by atoms with Crippen LogP contribution >= 0.6 is 0 Å². The van der Waals surface area contributed by atoms with Crippen LogP contribution in [0.1, 0.15) is 36.6 Å². The fraction of sp³-hybridized carbons (Fsp3) is 0.455. The summed E-state index contributed by atoms with van der Waals surface area (Å²) in [6.07, 6.45) is 6.58. The number of aromatic nitrogens is 4. The van der Waals surface area contributed by atoms with E-state index in [-0.39, 0.29) is 5.56 Å². The molecule has 2 aromatic heterocycles. The number of benzene rings is 1. The summed E-state index contributed by atoms with van der Waals surface area (Å²) in [6, 6.07) is 6.13. The lowest BCUT2D eigenvalue weighted by atomic mass is 10.0. The van der Waals surface area contributed by atoms with Crippen LogP contribution in [0.15, 0.2) is 35.4 Å². The van der Waals surface area contributed by atoms with E-state index < -0.39 is 0 Å². The van der Waals surface area contributed by atoms with Crippen molar-refractivity contribution in [2.45, 2.75) is 39.3 Å². The molecule has 1 fully saturated rings. The number of hydrogen-bond donors (Lipinski definition) is 1. The minimum absolute atomic E-state index is 0.0268. The molecule has 1 aromatic carbocycles. The van der Waals surface area contributed by atoms with Gasteiger partial charge in [0.05, 0.1) is 16.7 Å². The summed E-state index contributed by atoms with van der Waals surface area (Å²) >= 11 is 0. The molecule has 0 spiro atoms. The normalized spacial score (nSPS) is 20.0. The Kier molecular flexibility index (Phi) is 4.75. The van der Waals surface area contributed by atoms with Gasteiger partial charge in [0, 0.05) is 50.7 Å². The molecule has 3 aromatic rings. The third-order valence-electron chi connectivity index (χ3n) is 6.07. The van der Waals surface area contributed by atoms with Crippen LogP contribution < -0.4 is 10.5 Å². The molecule has 0 saturated carbocycles. The predicted molar refractivity (Wildman–Crippen MR) is 113 cm³/mol. The van der Waals surface area contributed by atoms with Crippen LogP contribution in [0.5, 0.6) is 0 Å². The fourth-order valence-electron chi connectivity index (χ4n) is 4.57. The number of piperidine rings is 1. The minimum atomic E-state index is 0.0268. The Morgan fingerprint density at radius 3 is 3.00 bits per heavy atom. The lowest BCUT2D eigenvalue weighted by Gasteiger charge is -2.33. The Hall–Kier alpha value is -2.80. The average molecular weight is 390 g/mol. The predicted octanol–water partition coefficient (Wildman–Crippen LogP) is 2.51. The molecular weight excluding hydrogens is 364 g/mol. The lowest BCUT2D eigenvalue weighted by molar-refractivity contribution is 0.241. The molecule has 150 valence electrons. The zero-order chi connectivity index (χ0) is 19.8. The van der Waals surface area contributed by atoms with Gasteiger partial charge in [-0.25, -0.2) is 4.98 Å². The van der Waals surface area contributed by atoms with Crippen molar-refractivity contribution in [3.8, 4) is 0 Å². The average Bonchev–Trinajstić information content (AvgIpc) is 2.74. The third kappa shape index (κ3) is 3.62. The molecule has 2 aliphatic rings. The second-order valence-corrected chi connectivity index (χ2v) is 8.31. The van der Waals surface area contributed by atoms with Gasteiger partial charge >= 0.3 is 0 Å². The number of H-pyrrole nitrogens is 1. The summed E-state index contributed by atoms with van der Waals surface area (Å²) in [5.41, 5.74) is 4.81. The van der Waals surface area contributed by atoms with Gasteiger partial charge in [0.25, 0.3) is 5.56 Å².